The number of benzene rings is 1. The van der Waals surface area contributed by atoms with E-state index in [1.807, 2.05) is 26.0 Å². The normalized spacial score (nSPS) is 12.6. The third-order valence-corrected chi connectivity index (χ3v) is 5.77. The summed E-state index contributed by atoms with van der Waals surface area (Å²) in [5, 5.41) is 11.1. The van der Waals surface area contributed by atoms with Gasteiger partial charge in [0.1, 0.15) is 0 Å². The molecule has 0 amide bonds. The molecule has 0 aliphatic rings. The SMILES string of the molecule is CCOC(OCC)[C@@H](CC)[Se]c1ccccc1[N+](=O)[O-]. The van der Waals surface area contributed by atoms with Crippen LogP contribution in [0.2, 0.25) is 4.82 Å². The third kappa shape index (κ3) is 4.87. The van der Waals surface area contributed by atoms with Crippen LogP contribution in [0.25, 0.3) is 0 Å². The van der Waals surface area contributed by atoms with Crippen LogP contribution >= 0.6 is 0 Å². The van der Waals surface area contributed by atoms with Crippen LogP contribution in [0.1, 0.15) is 27.2 Å². The molecule has 1 rings (SSSR count). The Bertz CT molecular complexity index is 421. The van der Waals surface area contributed by atoms with Crippen molar-refractivity contribution in [3.05, 3.63) is 34.4 Å². The van der Waals surface area contributed by atoms with Crippen LogP contribution in [0.15, 0.2) is 24.3 Å². The van der Waals surface area contributed by atoms with Gasteiger partial charge in [-0.05, 0) is 0 Å². The molecule has 5 nitrogen and oxygen atoms in total. The summed E-state index contributed by atoms with van der Waals surface area (Å²) < 4.78 is 12.1. The molecule has 0 N–H and O–H groups in total. The Morgan fingerprint density at radius 1 is 1.20 bits per heavy atom. The summed E-state index contributed by atoms with van der Waals surface area (Å²) in [5.41, 5.74) is 0.192. The second-order valence-electron chi connectivity index (χ2n) is 4.07. The maximum absolute atomic E-state index is 11.1. The van der Waals surface area contributed by atoms with Gasteiger partial charge in [-0.3, -0.25) is 0 Å². The Hall–Kier alpha value is -0.941. The number of nitro groups is 1. The van der Waals surface area contributed by atoms with E-state index in [4.69, 9.17) is 9.47 Å². The Morgan fingerprint density at radius 3 is 2.30 bits per heavy atom. The van der Waals surface area contributed by atoms with Gasteiger partial charge in [-0.25, -0.2) is 0 Å². The molecular formula is C14H21NO4Se. The molecule has 0 bridgehead atoms. The summed E-state index contributed by atoms with van der Waals surface area (Å²) in [4.78, 5) is 10.9. The number of hydrogen-bond donors (Lipinski definition) is 0. The van der Waals surface area contributed by atoms with E-state index >= 15 is 0 Å². The van der Waals surface area contributed by atoms with Gasteiger partial charge < -0.3 is 0 Å². The van der Waals surface area contributed by atoms with Crippen LogP contribution in [0.4, 0.5) is 5.69 Å². The van der Waals surface area contributed by atoms with E-state index in [2.05, 4.69) is 6.92 Å². The van der Waals surface area contributed by atoms with Crippen molar-refractivity contribution in [3.8, 4) is 0 Å². The standard InChI is InChI=1S/C14H21NO4Se/c1-4-12(14(18-5-2)19-6-3)20-13-10-8-7-9-11(13)15(16)17/h7-10,12,14H,4-6H2,1-3H3/t12-/m1/s1. The van der Waals surface area contributed by atoms with Crippen molar-refractivity contribution in [2.75, 3.05) is 13.2 Å². The van der Waals surface area contributed by atoms with Crippen molar-refractivity contribution in [1.82, 2.24) is 0 Å². The topological polar surface area (TPSA) is 61.6 Å². The Labute approximate surface area is 126 Å². The summed E-state index contributed by atoms with van der Waals surface area (Å²) in [6, 6.07) is 6.92. The average Bonchev–Trinajstić information content (AvgIpc) is 2.45. The van der Waals surface area contributed by atoms with Crippen LogP contribution in [-0.4, -0.2) is 39.4 Å². The fraction of sp³-hybridized carbons (Fsp3) is 0.571. The van der Waals surface area contributed by atoms with Gasteiger partial charge in [-0.1, -0.05) is 0 Å². The van der Waals surface area contributed by atoms with E-state index in [1.54, 1.807) is 12.1 Å². The van der Waals surface area contributed by atoms with E-state index in [-0.39, 0.29) is 36.7 Å². The summed E-state index contributed by atoms with van der Waals surface area (Å²) in [7, 11) is 0. The van der Waals surface area contributed by atoms with Gasteiger partial charge >= 0.3 is 125 Å². The first kappa shape index (κ1) is 17.1. The van der Waals surface area contributed by atoms with Crippen molar-refractivity contribution in [2.45, 2.75) is 38.3 Å². The first-order valence-electron chi connectivity index (χ1n) is 6.77. The minimum absolute atomic E-state index is 0.0621. The van der Waals surface area contributed by atoms with Crippen LogP contribution < -0.4 is 4.46 Å². The molecule has 0 radical (unpaired) electrons. The van der Waals surface area contributed by atoms with Crippen molar-refractivity contribution in [2.24, 2.45) is 0 Å². The quantitative estimate of drug-likeness (QED) is 0.298. The van der Waals surface area contributed by atoms with E-state index in [1.165, 1.54) is 0 Å². The molecule has 1 atom stereocenters. The van der Waals surface area contributed by atoms with Crippen LogP contribution in [-0.2, 0) is 9.47 Å². The van der Waals surface area contributed by atoms with Crippen molar-refractivity contribution in [3.63, 3.8) is 0 Å². The van der Waals surface area contributed by atoms with Crippen molar-refractivity contribution in [1.29, 1.82) is 0 Å². The first-order valence-corrected chi connectivity index (χ1v) is 8.61. The molecule has 6 heteroatoms. The number of ether oxygens (including phenoxy) is 2. The Kier molecular flexibility index (Phi) is 7.77. The Balaban J connectivity index is 2.89. The van der Waals surface area contributed by atoms with E-state index in [0.717, 1.165) is 10.9 Å². The molecular weight excluding hydrogens is 325 g/mol. The zero-order chi connectivity index (χ0) is 15.0. The number of rotatable bonds is 9. The predicted molar refractivity (Wildman–Crippen MR) is 79.6 cm³/mol. The molecule has 0 saturated carbocycles. The van der Waals surface area contributed by atoms with E-state index in [9.17, 15) is 10.1 Å². The fourth-order valence-corrected chi connectivity index (χ4v) is 4.27. The third-order valence-electron chi connectivity index (χ3n) is 2.71. The predicted octanol–water partition coefficient (Wildman–Crippen LogP) is 2.52. The molecule has 0 saturated heterocycles. The molecule has 0 aliphatic heterocycles. The maximum atomic E-state index is 11.1. The number of nitro benzene ring substituents is 1. The zero-order valence-corrected chi connectivity index (χ0v) is 13.8. The molecule has 0 heterocycles. The van der Waals surface area contributed by atoms with E-state index in [0.29, 0.717) is 13.2 Å². The molecule has 20 heavy (non-hydrogen) atoms. The monoisotopic (exact) mass is 347 g/mol. The fourth-order valence-electron chi connectivity index (χ4n) is 1.79. The Morgan fingerprint density at radius 2 is 1.80 bits per heavy atom. The summed E-state index contributed by atoms with van der Waals surface area (Å²) in [5.74, 6) is 0. The summed E-state index contributed by atoms with van der Waals surface area (Å²) in [6.07, 6.45) is 0.589. The van der Waals surface area contributed by atoms with Gasteiger partial charge in [0, 0.05) is 0 Å². The van der Waals surface area contributed by atoms with Gasteiger partial charge in [0.15, 0.2) is 0 Å². The molecule has 112 valence electrons. The van der Waals surface area contributed by atoms with Crippen LogP contribution in [0.3, 0.4) is 0 Å². The average molecular weight is 346 g/mol. The molecule has 0 aliphatic carbocycles. The second-order valence-corrected chi connectivity index (χ2v) is 6.76. The van der Waals surface area contributed by atoms with Gasteiger partial charge in [-0.2, -0.15) is 0 Å². The van der Waals surface area contributed by atoms with Crippen LogP contribution in [0, 0.1) is 10.1 Å². The second kappa shape index (κ2) is 9.08. The molecule has 0 spiro atoms. The van der Waals surface area contributed by atoms with Gasteiger partial charge in [-0.15, -0.1) is 0 Å². The number of nitrogens with zero attached hydrogens (tertiary/aromatic N) is 1. The molecule has 1 aromatic rings. The minimum atomic E-state index is -0.319. The van der Waals surface area contributed by atoms with Gasteiger partial charge in [0.2, 0.25) is 0 Å². The van der Waals surface area contributed by atoms with Gasteiger partial charge in [0.25, 0.3) is 0 Å². The first-order chi connectivity index (χ1) is 9.63. The van der Waals surface area contributed by atoms with Crippen LogP contribution in [0.5, 0.6) is 0 Å². The van der Waals surface area contributed by atoms with Crippen molar-refractivity contribution < 1.29 is 14.4 Å². The zero-order valence-electron chi connectivity index (χ0n) is 12.1. The number of para-hydroxylation sites is 1. The summed E-state index contributed by atoms with van der Waals surface area (Å²) in [6.45, 7) is 7.07. The molecule has 0 unspecified atom stereocenters. The van der Waals surface area contributed by atoms with Gasteiger partial charge in [0.05, 0.1) is 0 Å². The molecule has 0 aromatic heterocycles. The molecule has 1 aromatic carbocycles. The van der Waals surface area contributed by atoms with Crippen molar-refractivity contribution >= 4 is 25.1 Å². The molecule has 0 fully saturated rings. The van der Waals surface area contributed by atoms with E-state index < -0.39 is 0 Å². The summed E-state index contributed by atoms with van der Waals surface area (Å²) >= 11 is -0.0621. The number of hydrogen-bond acceptors (Lipinski definition) is 4.